The average molecular weight is 357 g/mol. The average Bonchev–Trinajstić information content (AvgIpc) is 2.26. The van der Waals surface area contributed by atoms with Crippen LogP contribution in [0.1, 0.15) is 89.0 Å². The number of carbonyl (C=O) groups is 2. The van der Waals surface area contributed by atoms with E-state index in [4.69, 9.17) is 30.0 Å². The van der Waals surface area contributed by atoms with E-state index in [1.807, 2.05) is 0 Å². The highest BCUT2D eigenvalue weighted by molar-refractivity contribution is 5.53. The largest absolute Gasteiger partial charge is 0.503 e. The van der Waals surface area contributed by atoms with Gasteiger partial charge in [-0.25, -0.2) is 9.59 Å². The van der Waals surface area contributed by atoms with Crippen LogP contribution in [-0.2, 0) is 0 Å². The molecule has 0 aliphatic rings. The maximum absolute atomic E-state index is 8.56. The predicted molar refractivity (Wildman–Crippen MR) is 103 cm³/mol. The van der Waals surface area contributed by atoms with E-state index in [0.717, 1.165) is 17.8 Å². The summed E-state index contributed by atoms with van der Waals surface area (Å²) in [6.07, 6.45) is -1.11. The summed E-state index contributed by atoms with van der Waals surface area (Å²) in [5, 5.41) is 27.9. The monoisotopic (exact) mass is 356 g/mol. The third kappa shape index (κ3) is 26900. The molecule has 0 saturated heterocycles. The first kappa shape index (κ1) is 38.2. The van der Waals surface area contributed by atoms with Gasteiger partial charge in [-0.2, -0.15) is 0 Å². The molecule has 0 unspecified atom stereocenters. The summed E-state index contributed by atoms with van der Waals surface area (Å²) in [5.41, 5.74) is 0. The van der Waals surface area contributed by atoms with Gasteiger partial charge in [-0.1, -0.05) is 89.0 Å². The zero-order valence-corrected chi connectivity index (χ0v) is 17.8. The normalized spacial score (nSPS) is 7.75. The van der Waals surface area contributed by atoms with E-state index >= 15 is 0 Å². The van der Waals surface area contributed by atoms with Crippen LogP contribution < -0.4 is 0 Å². The lowest BCUT2D eigenvalue weighted by Gasteiger charge is -1.90. The second-order valence-corrected chi connectivity index (χ2v) is 6.54. The van der Waals surface area contributed by atoms with Crippen molar-refractivity contribution in [3.05, 3.63) is 0 Å². The van der Waals surface area contributed by atoms with Crippen LogP contribution in [0, 0.1) is 17.8 Å². The third-order valence-corrected chi connectivity index (χ3v) is 0.816. The lowest BCUT2D eigenvalue weighted by atomic mass is 10.2. The van der Waals surface area contributed by atoms with Crippen LogP contribution in [0.25, 0.3) is 0 Å². The van der Waals surface area contributed by atoms with Crippen LogP contribution in [0.5, 0.6) is 0 Å². The Kier molecular flexibility index (Phi) is 59.9. The van der Waals surface area contributed by atoms with Crippen LogP contribution >= 0.6 is 0 Å². The third-order valence-electron chi connectivity index (χ3n) is 0.816. The summed E-state index contributed by atoms with van der Waals surface area (Å²) >= 11 is 0. The van der Waals surface area contributed by atoms with Crippen molar-refractivity contribution in [2.24, 2.45) is 17.8 Å². The number of hydrogen-bond donors (Lipinski definition) is 4. The predicted octanol–water partition coefficient (Wildman–Crippen LogP) is 7.24. The molecular formula is C18H44O6. The van der Waals surface area contributed by atoms with Gasteiger partial charge < -0.3 is 20.4 Å². The Morgan fingerprint density at radius 3 is 0.667 bits per heavy atom. The first-order valence-electron chi connectivity index (χ1n) is 8.45. The summed E-state index contributed by atoms with van der Waals surface area (Å²) in [5.74, 6) is 2.55. The molecule has 0 bridgehead atoms. The molecule has 6 nitrogen and oxygen atoms in total. The first-order chi connectivity index (χ1) is 10.6. The minimum atomic E-state index is -1.83. The molecule has 0 aliphatic heterocycles. The molecule has 0 saturated carbocycles. The summed E-state index contributed by atoms with van der Waals surface area (Å²) in [6.45, 7) is 23.9. The van der Waals surface area contributed by atoms with Gasteiger partial charge in [-0.15, -0.1) is 0 Å². The van der Waals surface area contributed by atoms with Gasteiger partial charge in [0, 0.05) is 0 Å². The van der Waals surface area contributed by atoms with Crippen LogP contribution in [0.15, 0.2) is 0 Å². The molecule has 0 radical (unpaired) electrons. The molecule has 0 aliphatic carbocycles. The smallest absolute Gasteiger partial charge is 0.450 e. The van der Waals surface area contributed by atoms with Gasteiger partial charge in [0.1, 0.15) is 0 Å². The van der Waals surface area contributed by atoms with Crippen molar-refractivity contribution in [3.63, 3.8) is 0 Å². The maximum Gasteiger partial charge on any atom is 0.503 e. The topological polar surface area (TPSA) is 115 Å². The highest BCUT2D eigenvalue weighted by Gasteiger charge is 1.80. The SMILES string of the molecule is CC(C)C.CC(C)C.CCC.CCC(C)C.O=C(O)O.O=C(O)O. The quantitative estimate of drug-likeness (QED) is 0.393. The molecular weight excluding hydrogens is 312 g/mol. The fourth-order valence-electron chi connectivity index (χ4n) is 0. The standard InChI is InChI=1S/C5H12.2C4H10.C3H8.2CH2O3/c1-4-5(2)3;2*1-4(2)3;1-3-2;2*2-1(3)4/h5H,4H2,1-3H3;2*4H,1-3H3;3H2,1-2H3;2*(H2,2,3,4). The molecule has 0 fully saturated rings. The molecule has 24 heavy (non-hydrogen) atoms. The van der Waals surface area contributed by atoms with Gasteiger partial charge in [0.15, 0.2) is 0 Å². The van der Waals surface area contributed by atoms with Crippen LogP contribution in [0.4, 0.5) is 9.59 Å². The lowest BCUT2D eigenvalue weighted by Crippen LogP contribution is -1.81. The molecule has 0 aromatic heterocycles. The highest BCUT2D eigenvalue weighted by Crippen LogP contribution is 1.93. The molecule has 0 aromatic rings. The summed E-state index contributed by atoms with van der Waals surface area (Å²) < 4.78 is 0. The molecule has 0 spiro atoms. The van der Waals surface area contributed by atoms with E-state index < -0.39 is 12.3 Å². The second kappa shape index (κ2) is 37.6. The van der Waals surface area contributed by atoms with Gasteiger partial charge >= 0.3 is 12.3 Å². The molecule has 6 heteroatoms. The molecule has 0 aromatic carbocycles. The minimum absolute atomic E-state index is 0.833. The van der Waals surface area contributed by atoms with E-state index in [2.05, 4.69) is 76.2 Å². The Morgan fingerprint density at radius 1 is 0.625 bits per heavy atom. The molecule has 152 valence electrons. The lowest BCUT2D eigenvalue weighted by molar-refractivity contribution is 0.135. The summed E-state index contributed by atoms with van der Waals surface area (Å²) in [7, 11) is 0. The van der Waals surface area contributed by atoms with Gasteiger partial charge in [0.25, 0.3) is 0 Å². The van der Waals surface area contributed by atoms with Crippen molar-refractivity contribution in [3.8, 4) is 0 Å². The number of rotatable bonds is 1. The Bertz CT molecular complexity index is 182. The minimum Gasteiger partial charge on any atom is -0.450 e. The van der Waals surface area contributed by atoms with E-state index in [1.165, 1.54) is 12.8 Å². The van der Waals surface area contributed by atoms with Crippen LogP contribution in [-0.4, -0.2) is 32.7 Å². The zero-order valence-electron chi connectivity index (χ0n) is 17.8. The first-order valence-corrected chi connectivity index (χ1v) is 8.45. The number of carboxylic acid groups (broad SMARTS) is 4. The second-order valence-electron chi connectivity index (χ2n) is 6.54. The van der Waals surface area contributed by atoms with E-state index in [0.29, 0.717) is 0 Å². The van der Waals surface area contributed by atoms with Crippen molar-refractivity contribution in [1.29, 1.82) is 0 Å². The van der Waals surface area contributed by atoms with Crippen molar-refractivity contribution < 1.29 is 30.0 Å². The van der Waals surface area contributed by atoms with E-state index in [9.17, 15) is 0 Å². The molecule has 0 atom stereocenters. The number of hydrogen-bond acceptors (Lipinski definition) is 2. The van der Waals surface area contributed by atoms with Gasteiger partial charge in [0.05, 0.1) is 0 Å². The van der Waals surface area contributed by atoms with Crippen molar-refractivity contribution in [2.45, 2.75) is 89.0 Å². The molecule has 0 heterocycles. The van der Waals surface area contributed by atoms with Gasteiger partial charge in [-0.3, -0.25) is 0 Å². The Labute approximate surface area is 149 Å². The van der Waals surface area contributed by atoms with Crippen molar-refractivity contribution >= 4 is 12.3 Å². The van der Waals surface area contributed by atoms with Crippen LogP contribution in [0.2, 0.25) is 0 Å². The van der Waals surface area contributed by atoms with E-state index in [1.54, 1.807) is 0 Å². The Balaban J connectivity index is -0.0000000408. The summed E-state index contributed by atoms with van der Waals surface area (Å²) in [4.78, 5) is 17.1. The molecule has 0 rings (SSSR count). The molecule has 0 amide bonds. The fourth-order valence-corrected chi connectivity index (χ4v) is 0. The Morgan fingerprint density at radius 2 is 0.667 bits per heavy atom. The van der Waals surface area contributed by atoms with Gasteiger partial charge in [0.2, 0.25) is 0 Å². The van der Waals surface area contributed by atoms with E-state index in [-0.39, 0.29) is 0 Å². The van der Waals surface area contributed by atoms with Crippen LogP contribution in [0.3, 0.4) is 0 Å². The summed E-state index contributed by atoms with van der Waals surface area (Å²) in [6, 6.07) is 0. The molecule has 4 N–H and O–H groups in total. The van der Waals surface area contributed by atoms with Crippen molar-refractivity contribution in [2.75, 3.05) is 0 Å². The Hall–Kier alpha value is -1.46. The van der Waals surface area contributed by atoms with Gasteiger partial charge in [-0.05, 0) is 17.8 Å². The fraction of sp³-hybridized carbons (Fsp3) is 0.889. The zero-order chi connectivity index (χ0) is 21.3. The maximum atomic E-state index is 8.56. The van der Waals surface area contributed by atoms with Crippen molar-refractivity contribution in [1.82, 2.24) is 0 Å². The highest BCUT2D eigenvalue weighted by atomic mass is 16.6.